The zero-order valence-corrected chi connectivity index (χ0v) is 13.7. The number of amides is 1. The molecule has 1 aromatic heterocycles. The maximum Gasteiger partial charge on any atom is 0.326 e. The van der Waals surface area contributed by atoms with Gasteiger partial charge in [-0.3, -0.25) is 4.79 Å². The third-order valence-electron chi connectivity index (χ3n) is 4.22. The van der Waals surface area contributed by atoms with Crippen molar-refractivity contribution in [3.8, 4) is 0 Å². The van der Waals surface area contributed by atoms with Gasteiger partial charge in [0.05, 0.1) is 0 Å². The summed E-state index contributed by atoms with van der Waals surface area (Å²) in [5.74, 6) is -1.28. The fourth-order valence-electron chi connectivity index (χ4n) is 2.89. The molecule has 0 spiro atoms. The molecule has 0 fully saturated rings. The third-order valence-corrected chi connectivity index (χ3v) is 4.22. The molecule has 3 aromatic rings. The normalized spacial score (nSPS) is 12.0. The molecule has 0 aliphatic rings. The highest BCUT2D eigenvalue weighted by atomic mass is 16.4. The number of H-pyrrole nitrogens is 1. The SMILES string of the molecule is O=C(CCc1ccccc1)N[C@@H](Cc1c[nH]c2ccccc12)C(=O)O. The van der Waals surface area contributed by atoms with Gasteiger partial charge in [-0.25, -0.2) is 4.79 Å². The zero-order chi connectivity index (χ0) is 17.6. The molecule has 128 valence electrons. The molecular formula is C20H20N2O3. The fraction of sp³-hybridized carbons (Fsp3) is 0.200. The maximum absolute atomic E-state index is 12.1. The van der Waals surface area contributed by atoms with Crippen molar-refractivity contribution in [2.45, 2.75) is 25.3 Å². The summed E-state index contributed by atoms with van der Waals surface area (Å²) in [6.45, 7) is 0. The number of carboxylic acid groups (broad SMARTS) is 1. The van der Waals surface area contributed by atoms with Gasteiger partial charge in [0, 0.05) is 29.9 Å². The lowest BCUT2D eigenvalue weighted by Crippen LogP contribution is -2.42. The van der Waals surface area contributed by atoms with Crippen molar-refractivity contribution in [2.75, 3.05) is 0 Å². The number of fused-ring (bicyclic) bond motifs is 1. The Balaban J connectivity index is 1.63. The Bertz CT molecular complexity index is 871. The van der Waals surface area contributed by atoms with E-state index >= 15 is 0 Å². The van der Waals surface area contributed by atoms with Gasteiger partial charge >= 0.3 is 5.97 Å². The lowest BCUT2D eigenvalue weighted by Gasteiger charge is -2.14. The first-order chi connectivity index (χ1) is 12.1. The summed E-state index contributed by atoms with van der Waals surface area (Å²) in [5.41, 5.74) is 2.89. The van der Waals surface area contributed by atoms with Crippen molar-refractivity contribution in [1.82, 2.24) is 10.3 Å². The Morgan fingerprint density at radius 3 is 2.52 bits per heavy atom. The summed E-state index contributed by atoms with van der Waals surface area (Å²) in [5, 5.41) is 13.1. The molecular weight excluding hydrogens is 316 g/mol. The molecule has 1 heterocycles. The van der Waals surface area contributed by atoms with Crippen LogP contribution in [0.1, 0.15) is 17.5 Å². The van der Waals surface area contributed by atoms with Crippen LogP contribution in [0, 0.1) is 0 Å². The van der Waals surface area contributed by atoms with Crippen LogP contribution >= 0.6 is 0 Å². The molecule has 25 heavy (non-hydrogen) atoms. The minimum atomic E-state index is -1.03. The molecule has 0 bridgehead atoms. The van der Waals surface area contributed by atoms with Crippen molar-refractivity contribution < 1.29 is 14.7 Å². The van der Waals surface area contributed by atoms with Gasteiger partial charge in [-0.05, 0) is 23.6 Å². The fourth-order valence-corrected chi connectivity index (χ4v) is 2.89. The number of hydrogen-bond acceptors (Lipinski definition) is 2. The second kappa shape index (κ2) is 7.66. The molecule has 2 aromatic carbocycles. The summed E-state index contributed by atoms with van der Waals surface area (Å²) in [4.78, 5) is 26.8. The first kappa shape index (κ1) is 16.8. The van der Waals surface area contributed by atoms with Gasteiger partial charge in [-0.2, -0.15) is 0 Å². The van der Waals surface area contributed by atoms with Crippen LogP contribution in [-0.2, 0) is 22.4 Å². The number of aryl methyl sites for hydroxylation is 1. The molecule has 0 unspecified atom stereocenters. The van der Waals surface area contributed by atoms with Crippen molar-refractivity contribution in [3.63, 3.8) is 0 Å². The molecule has 3 rings (SSSR count). The number of hydrogen-bond donors (Lipinski definition) is 3. The Labute approximate surface area is 145 Å². The van der Waals surface area contributed by atoms with E-state index in [1.54, 1.807) is 6.20 Å². The highest BCUT2D eigenvalue weighted by molar-refractivity contribution is 5.86. The van der Waals surface area contributed by atoms with Crippen LogP contribution in [-0.4, -0.2) is 28.0 Å². The number of para-hydroxylation sites is 1. The first-order valence-electron chi connectivity index (χ1n) is 8.24. The molecule has 1 amide bonds. The lowest BCUT2D eigenvalue weighted by atomic mass is 10.0. The predicted molar refractivity (Wildman–Crippen MR) is 96.3 cm³/mol. The van der Waals surface area contributed by atoms with E-state index in [-0.39, 0.29) is 18.7 Å². The number of benzene rings is 2. The molecule has 0 aliphatic carbocycles. The molecule has 3 N–H and O–H groups in total. The minimum Gasteiger partial charge on any atom is -0.480 e. The largest absolute Gasteiger partial charge is 0.480 e. The van der Waals surface area contributed by atoms with E-state index in [4.69, 9.17) is 0 Å². The summed E-state index contributed by atoms with van der Waals surface area (Å²) in [6, 6.07) is 16.4. The van der Waals surface area contributed by atoms with Crippen molar-refractivity contribution in [1.29, 1.82) is 0 Å². The topological polar surface area (TPSA) is 82.2 Å². The third kappa shape index (κ3) is 4.26. The van der Waals surface area contributed by atoms with Gasteiger partial charge < -0.3 is 15.4 Å². The van der Waals surface area contributed by atoms with Crippen LogP contribution in [0.2, 0.25) is 0 Å². The number of aromatic nitrogens is 1. The second-order valence-electron chi connectivity index (χ2n) is 6.01. The van der Waals surface area contributed by atoms with Gasteiger partial charge in [0.15, 0.2) is 0 Å². The van der Waals surface area contributed by atoms with E-state index in [1.807, 2.05) is 54.6 Å². The Morgan fingerprint density at radius 2 is 1.76 bits per heavy atom. The van der Waals surface area contributed by atoms with Gasteiger partial charge in [0.2, 0.25) is 5.91 Å². The summed E-state index contributed by atoms with van der Waals surface area (Å²) >= 11 is 0. The van der Waals surface area contributed by atoms with Gasteiger partial charge in [-0.15, -0.1) is 0 Å². The molecule has 0 radical (unpaired) electrons. The van der Waals surface area contributed by atoms with E-state index in [0.29, 0.717) is 6.42 Å². The average molecular weight is 336 g/mol. The van der Waals surface area contributed by atoms with E-state index in [2.05, 4.69) is 10.3 Å². The number of aromatic amines is 1. The van der Waals surface area contributed by atoms with E-state index in [1.165, 1.54) is 0 Å². The summed E-state index contributed by atoms with van der Waals surface area (Å²) in [6.07, 6.45) is 2.90. The maximum atomic E-state index is 12.1. The van der Waals surface area contributed by atoms with E-state index in [9.17, 15) is 14.7 Å². The number of nitrogens with one attached hydrogen (secondary N) is 2. The van der Waals surface area contributed by atoms with Gasteiger partial charge in [0.1, 0.15) is 6.04 Å². The van der Waals surface area contributed by atoms with Crippen molar-refractivity contribution in [3.05, 3.63) is 71.9 Å². The van der Waals surface area contributed by atoms with Gasteiger partial charge in [-0.1, -0.05) is 48.5 Å². The molecule has 5 nitrogen and oxygen atoms in total. The van der Waals surface area contributed by atoms with E-state index in [0.717, 1.165) is 22.0 Å². The predicted octanol–water partition coefficient (Wildman–Crippen LogP) is 2.91. The zero-order valence-electron chi connectivity index (χ0n) is 13.7. The highest BCUT2D eigenvalue weighted by Gasteiger charge is 2.21. The molecule has 0 saturated heterocycles. The lowest BCUT2D eigenvalue weighted by molar-refractivity contribution is -0.141. The summed E-state index contributed by atoms with van der Waals surface area (Å²) in [7, 11) is 0. The molecule has 1 atom stereocenters. The van der Waals surface area contributed by atoms with Crippen LogP contribution in [0.5, 0.6) is 0 Å². The smallest absolute Gasteiger partial charge is 0.326 e. The molecule has 5 heteroatoms. The number of rotatable bonds is 7. The van der Waals surface area contributed by atoms with Gasteiger partial charge in [0.25, 0.3) is 0 Å². The minimum absolute atomic E-state index is 0.246. The highest BCUT2D eigenvalue weighted by Crippen LogP contribution is 2.19. The quantitative estimate of drug-likeness (QED) is 0.620. The Morgan fingerprint density at radius 1 is 1.04 bits per heavy atom. The second-order valence-corrected chi connectivity index (χ2v) is 6.01. The summed E-state index contributed by atoms with van der Waals surface area (Å²) < 4.78 is 0. The van der Waals surface area contributed by atoms with Crippen LogP contribution in [0.25, 0.3) is 10.9 Å². The van der Waals surface area contributed by atoms with Crippen molar-refractivity contribution in [2.24, 2.45) is 0 Å². The number of carbonyl (C=O) groups excluding carboxylic acids is 1. The van der Waals surface area contributed by atoms with E-state index < -0.39 is 12.0 Å². The number of carboxylic acids is 1. The number of aliphatic carboxylic acids is 1. The van der Waals surface area contributed by atoms with Crippen LogP contribution in [0.3, 0.4) is 0 Å². The average Bonchev–Trinajstić information content (AvgIpc) is 3.03. The number of carbonyl (C=O) groups is 2. The first-order valence-corrected chi connectivity index (χ1v) is 8.24. The Hall–Kier alpha value is -3.08. The monoisotopic (exact) mass is 336 g/mol. The van der Waals surface area contributed by atoms with Crippen LogP contribution < -0.4 is 5.32 Å². The van der Waals surface area contributed by atoms with Crippen LogP contribution in [0.15, 0.2) is 60.8 Å². The van der Waals surface area contributed by atoms with Crippen molar-refractivity contribution >= 4 is 22.8 Å². The standard InChI is InChI=1S/C20H20N2O3/c23-19(11-10-14-6-2-1-3-7-14)22-18(20(24)25)12-15-13-21-17-9-5-4-8-16(15)17/h1-9,13,18,21H,10-12H2,(H,22,23)(H,24,25)/t18-/m0/s1. The molecule has 0 aliphatic heterocycles. The molecule has 0 saturated carbocycles. The Kier molecular flexibility index (Phi) is 5.14. The van der Waals surface area contributed by atoms with Crippen LogP contribution in [0.4, 0.5) is 0 Å².